The summed E-state index contributed by atoms with van der Waals surface area (Å²) >= 11 is 0. The van der Waals surface area contributed by atoms with Crippen LogP contribution in [0.15, 0.2) is 63.4 Å². The van der Waals surface area contributed by atoms with Crippen molar-refractivity contribution < 1.29 is 45.9 Å². The second-order valence-corrected chi connectivity index (χ2v) is 7.90. The van der Waals surface area contributed by atoms with Crippen molar-refractivity contribution in [2.24, 2.45) is 4.40 Å². The largest absolute Gasteiger partial charge is 0.664 e. The van der Waals surface area contributed by atoms with Crippen molar-refractivity contribution in [1.82, 2.24) is 4.90 Å². The van der Waals surface area contributed by atoms with Gasteiger partial charge in [0.05, 0.1) is 5.91 Å². The van der Waals surface area contributed by atoms with Crippen LogP contribution in [0.3, 0.4) is 0 Å². The molecule has 1 radical (unpaired) electrons. The van der Waals surface area contributed by atoms with Gasteiger partial charge in [0.15, 0.2) is 0 Å². The maximum absolute atomic E-state index is 11.7. The average molecular weight is 488 g/mol. The fourth-order valence-corrected chi connectivity index (χ4v) is 3.18. The van der Waals surface area contributed by atoms with Gasteiger partial charge in [-0.15, -0.1) is 5.56 Å². The summed E-state index contributed by atoms with van der Waals surface area (Å²) in [6.07, 6.45) is 1.27. The van der Waals surface area contributed by atoms with Crippen molar-refractivity contribution in [3.05, 3.63) is 77.0 Å². The zero-order valence-corrected chi connectivity index (χ0v) is 21.0. The third-order valence-corrected chi connectivity index (χ3v) is 5.20. The van der Waals surface area contributed by atoms with Crippen LogP contribution in [-0.2, 0) is 47.5 Å². The summed E-state index contributed by atoms with van der Waals surface area (Å²) in [6, 6.07) is 17.1. The van der Waals surface area contributed by atoms with Gasteiger partial charge in [0.25, 0.3) is 0 Å². The maximum Gasteiger partial charge on any atom is 0.237 e. The minimum atomic E-state index is -3.59. The van der Waals surface area contributed by atoms with Crippen molar-refractivity contribution in [2.45, 2.75) is 25.7 Å². The Bertz CT molecular complexity index is 970. The van der Waals surface area contributed by atoms with E-state index < -0.39 is 15.9 Å². The molecule has 0 aromatic heterocycles. The average Bonchev–Trinajstić information content (AvgIpc) is 2.66. The number of hydrogen-bond acceptors (Lipinski definition) is 3. The van der Waals surface area contributed by atoms with E-state index in [1.807, 2.05) is 37.3 Å². The molecule has 1 amide bonds. The van der Waals surface area contributed by atoms with Gasteiger partial charge in [-0.1, -0.05) is 37.3 Å². The van der Waals surface area contributed by atoms with Crippen LogP contribution in [0.25, 0.3) is 11.3 Å². The minimum Gasteiger partial charge on any atom is -0.664 e. The van der Waals surface area contributed by atoms with Crippen molar-refractivity contribution in [1.29, 1.82) is 0 Å². The van der Waals surface area contributed by atoms with Gasteiger partial charge < -0.3 is 15.4 Å². The van der Waals surface area contributed by atoms with Crippen LogP contribution >= 0.6 is 0 Å². The monoisotopic (exact) mass is 488 g/mol. The van der Waals surface area contributed by atoms with Crippen molar-refractivity contribution in [3.63, 3.8) is 0 Å². The van der Waals surface area contributed by atoms with Crippen LogP contribution in [0.2, 0.25) is 0 Å². The third-order valence-electron chi connectivity index (χ3n) is 3.84. The van der Waals surface area contributed by atoms with E-state index >= 15 is 0 Å². The Kier molecular flexibility index (Phi) is 11.9. The fraction of sp³-hybridized carbons (Fsp3) is 0.238. The maximum atomic E-state index is 11.7. The molecule has 0 spiro atoms. The Morgan fingerprint density at radius 2 is 1.72 bits per heavy atom. The molecule has 0 aliphatic carbocycles. The van der Waals surface area contributed by atoms with Gasteiger partial charge >= 0.3 is 0 Å². The molecule has 2 rings (SSSR count). The molecule has 1 N–H and O–H groups in total. The number of hydrogen-bond donors (Lipinski definition) is 0. The van der Waals surface area contributed by atoms with E-state index in [1.165, 1.54) is 12.4 Å². The topological polar surface area (TPSA) is 90.6 Å². The van der Waals surface area contributed by atoms with Crippen LogP contribution in [0.5, 0.6) is 0 Å². The smallest absolute Gasteiger partial charge is 0.237 e. The second kappa shape index (κ2) is 12.7. The molecule has 8 heteroatoms. The van der Waals surface area contributed by atoms with Gasteiger partial charge in [0.2, 0.25) is 10.0 Å². The van der Waals surface area contributed by atoms with Crippen LogP contribution < -0.4 is 0 Å². The number of nitrogens with zero attached hydrogens (tertiary/aromatic N) is 2. The molecule has 0 heterocycles. The molecule has 2 aromatic rings. The van der Waals surface area contributed by atoms with Crippen LogP contribution in [-0.4, -0.2) is 39.7 Å². The third kappa shape index (κ3) is 9.02. The van der Waals surface area contributed by atoms with Gasteiger partial charge in [-0.25, -0.2) is 8.42 Å². The van der Waals surface area contributed by atoms with E-state index in [9.17, 15) is 13.2 Å². The summed E-state index contributed by atoms with van der Waals surface area (Å²) < 4.78 is 27.0. The molecule has 153 valence electrons. The van der Waals surface area contributed by atoms with Crippen LogP contribution in [0, 0.1) is 13.0 Å². The summed E-state index contributed by atoms with van der Waals surface area (Å²) in [5.74, 6) is -0.610. The zero-order chi connectivity index (χ0) is 21.3. The molecule has 2 aromatic carbocycles. The number of allylic oxidation sites excluding steroid dienone is 1. The normalized spacial score (nSPS) is 11.6. The van der Waals surface area contributed by atoms with Crippen LogP contribution in [0.1, 0.15) is 25.0 Å². The first-order chi connectivity index (χ1) is 13.1. The summed E-state index contributed by atoms with van der Waals surface area (Å²) in [7, 11) is -0.167. The molecular weight excluding hydrogens is 463 g/mol. The molecular formula is C21H25N3O3SY-2. The van der Waals surface area contributed by atoms with E-state index in [-0.39, 0.29) is 37.6 Å². The minimum absolute atomic E-state index is 0. The van der Waals surface area contributed by atoms with E-state index in [0.29, 0.717) is 11.1 Å². The fourth-order valence-electron chi connectivity index (χ4n) is 2.06. The van der Waals surface area contributed by atoms with Crippen molar-refractivity contribution in [3.8, 4) is 0 Å². The number of aryl methyl sites for hydroxylation is 1. The van der Waals surface area contributed by atoms with Gasteiger partial charge in [0.1, 0.15) is 6.34 Å². The molecule has 0 fully saturated rings. The Morgan fingerprint density at radius 3 is 2.21 bits per heavy atom. The van der Waals surface area contributed by atoms with Crippen molar-refractivity contribution in [2.75, 3.05) is 14.1 Å². The molecule has 0 bridgehead atoms. The molecule has 0 atom stereocenters. The Balaban J connectivity index is 0.000000527. The SMILES string of the molecule is C/C(C([NH-])=O)=C(/C)c1ccccc1.Cc1cc[c-]cc1S(=O)(=O)/N=C/N(C)C.[Y]. The quantitative estimate of drug-likeness (QED) is 0.274. The molecule has 0 saturated heterocycles. The first-order valence-corrected chi connectivity index (χ1v) is 9.92. The van der Waals surface area contributed by atoms with Gasteiger partial charge in [0, 0.05) is 46.8 Å². The van der Waals surface area contributed by atoms with Gasteiger partial charge in [-0.2, -0.15) is 28.7 Å². The predicted molar refractivity (Wildman–Crippen MR) is 113 cm³/mol. The Labute approximate surface area is 198 Å². The van der Waals surface area contributed by atoms with Crippen molar-refractivity contribution >= 4 is 27.8 Å². The molecule has 0 saturated carbocycles. The number of amides is 1. The number of nitrogens with one attached hydrogen (secondary N) is 1. The molecule has 6 nitrogen and oxygen atoms in total. The molecule has 29 heavy (non-hydrogen) atoms. The zero-order valence-electron chi connectivity index (χ0n) is 17.3. The number of carbonyl (C=O) groups excluding carboxylic acids is 1. The van der Waals surface area contributed by atoms with E-state index in [1.54, 1.807) is 45.0 Å². The van der Waals surface area contributed by atoms with Crippen LogP contribution in [0.4, 0.5) is 0 Å². The standard InChI is InChI=1S/C11H13NO.C10H13N2O2S.Y/c1-8(9(2)11(12)13)10-6-4-3-5-7-10;1-9-6-4-5-7-10(9)15(13,14)11-8-12(2)3;/h3-7H,1-2H3,(H2,12,13);4,6-8H,1-3H3;/q;-1;/p-1/b9-8+;11-8+;. The Morgan fingerprint density at radius 1 is 1.14 bits per heavy atom. The summed E-state index contributed by atoms with van der Waals surface area (Å²) in [4.78, 5) is 12.5. The van der Waals surface area contributed by atoms with E-state index in [4.69, 9.17) is 5.73 Å². The van der Waals surface area contributed by atoms with E-state index in [2.05, 4.69) is 10.5 Å². The number of sulfonamides is 1. The number of benzene rings is 2. The predicted octanol–water partition coefficient (Wildman–Crippen LogP) is 4.13. The number of carbonyl (C=O) groups is 1. The number of rotatable bonds is 5. The van der Waals surface area contributed by atoms with E-state index in [0.717, 1.165) is 11.1 Å². The van der Waals surface area contributed by atoms with Gasteiger partial charge in [-0.3, -0.25) is 0 Å². The molecule has 0 aliphatic rings. The molecule has 0 unspecified atom stereocenters. The summed E-state index contributed by atoms with van der Waals surface area (Å²) in [5.41, 5.74) is 10.0. The Hall–Kier alpha value is -1.83. The summed E-state index contributed by atoms with van der Waals surface area (Å²) in [5, 5.41) is 0. The van der Waals surface area contributed by atoms with Gasteiger partial charge in [-0.05, 0) is 35.5 Å². The first kappa shape index (κ1) is 27.2. The second-order valence-electron chi connectivity index (χ2n) is 6.30. The molecule has 0 aliphatic heterocycles. The first-order valence-electron chi connectivity index (χ1n) is 8.48. The summed E-state index contributed by atoms with van der Waals surface area (Å²) in [6.45, 7) is 5.26.